The topological polar surface area (TPSA) is 0 Å². The zero-order valence-electron chi connectivity index (χ0n) is 9.28. The SMILES string of the molecule is C/C(C[Si](C)(C)C)=C(\C)C(C)[Si]. The van der Waals surface area contributed by atoms with Gasteiger partial charge in [-0.2, -0.15) is 0 Å². The molecule has 0 saturated carbocycles. The minimum atomic E-state index is -0.908. The molecule has 0 aromatic rings. The van der Waals surface area contributed by atoms with E-state index in [0.29, 0.717) is 5.54 Å². The molecule has 0 aromatic heterocycles. The summed E-state index contributed by atoms with van der Waals surface area (Å²) in [6.07, 6.45) is 0. The molecule has 0 spiro atoms. The van der Waals surface area contributed by atoms with Gasteiger partial charge in [0.15, 0.2) is 0 Å². The Morgan fingerprint density at radius 2 is 1.67 bits per heavy atom. The fourth-order valence-corrected chi connectivity index (χ4v) is 3.42. The van der Waals surface area contributed by atoms with E-state index in [4.69, 9.17) is 0 Å². The third-order valence-corrected chi connectivity index (χ3v) is 4.14. The van der Waals surface area contributed by atoms with E-state index in [-0.39, 0.29) is 0 Å². The molecule has 0 aliphatic heterocycles. The summed E-state index contributed by atoms with van der Waals surface area (Å²) in [5.41, 5.74) is 3.62. The van der Waals surface area contributed by atoms with Crippen LogP contribution in [0.1, 0.15) is 20.8 Å². The summed E-state index contributed by atoms with van der Waals surface area (Å²) in [6, 6.07) is 1.33. The average molecular weight is 197 g/mol. The molecule has 0 N–H and O–H groups in total. The van der Waals surface area contributed by atoms with Crippen LogP contribution in [0, 0.1) is 0 Å². The van der Waals surface area contributed by atoms with Crippen molar-refractivity contribution in [3.8, 4) is 0 Å². The van der Waals surface area contributed by atoms with Crippen LogP contribution < -0.4 is 0 Å². The van der Waals surface area contributed by atoms with Crippen molar-refractivity contribution >= 4 is 18.3 Å². The van der Waals surface area contributed by atoms with Gasteiger partial charge in [0.25, 0.3) is 0 Å². The molecule has 0 fully saturated rings. The lowest BCUT2D eigenvalue weighted by atomic mass is 10.1. The maximum atomic E-state index is 3.65. The smallest absolute Gasteiger partial charge is 0.0483 e. The van der Waals surface area contributed by atoms with Crippen LogP contribution in [0.3, 0.4) is 0 Å². The van der Waals surface area contributed by atoms with Gasteiger partial charge >= 0.3 is 0 Å². The van der Waals surface area contributed by atoms with Gasteiger partial charge in [0.1, 0.15) is 0 Å². The van der Waals surface area contributed by atoms with Crippen LogP contribution in [-0.4, -0.2) is 18.3 Å². The zero-order chi connectivity index (χ0) is 9.94. The van der Waals surface area contributed by atoms with Crippen molar-refractivity contribution in [2.45, 2.75) is 52.0 Å². The van der Waals surface area contributed by atoms with Crippen molar-refractivity contribution in [1.29, 1.82) is 0 Å². The van der Waals surface area contributed by atoms with Crippen LogP contribution in [0.4, 0.5) is 0 Å². The van der Waals surface area contributed by atoms with Crippen LogP contribution in [0.15, 0.2) is 11.1 Å². The molecule has 1 atom stereocenters. The Labute approximate surface area is 81.9 Å². The third-order valence-electron chi connectivity index (χ3n) is 2.12. The van der Waals surface area contributed by atoms with Gasteiger partial charge in [-0.25, -0.2) is 0 Å². The van der Waals surface area contributed by atoms with Crippen molar-refractivity contribution in [3.05, 3.63) is 11.1 Å². The Morgan fingerprint density at radius 3 is 1.92 bits per heavy atom. The normalized spacial score (nSPS) is 17.2. The Bertz CT molecular complexity index is 173. The number of hydrogen-bond donors (Lipinski definition) is 0. The van der Waals surface area contributed by atoms with Gasteiger partial charge in [-0.1, -0.05) is 37.7 Å². The second-order valence-corrected chi connectivity index (χ2v) is 11.3. The summed E-state index contributed by atoms with van der Waals surface area (Å²) in [4.78, 5) is 0. The number of rotatable bonds is 3. The molecule has 0 nitrogen and oxygen atoms in total. The summed E-state index contributed by atoms with van der Waals surface area (Å²) < 4.78 is 0. The van der Waals surface area contributed by atoms with Gasteiger partial charge in [-0.3, -0.25) is 0 Å². The van der Waals surface area contributed by atoms with Crippen molar-refractivity contribution in [1.82, 2.24) is 0 Å². The minimum Gasteiger partial charge on any atom is -0.0771 e. The first kappa shape index (κ1) is 12.2. The van der Waals surface area contributed by atoms with Crippen LogP contribution in [0.2, 0.25) is 31.2 Å². The average Bonchev–Trinajstić information content (AvgIpc) is 1.82. The minimum absolute atomic E-state index is 0.529. The first-order valence-corrected chi connectivity index (χ1v) is 8.90. The summed E-state index contributed by atoms with van der Waals surface area (Å²) in [6.45, 7) is 13.9. The second-order valence-electron chi connectivity index (χ2n) is 4.92. The van der Waals surface area contributed by atoms with Gasteiger partial charge in [0.05, 0.1) is 0 Å². The third kappa shape index (κ3) is 4.93. The van der Waals surface area contributed by atoms with Crippen LogP contribution >= 0.6 is 0 Å². The van der Waals surface area contributed by atoms with E-state index in [2.05, 4.69) is 50.7 Å². The van der Waals surface area contributed by atoms with E-state index in [0.717, 1.165) is 0 Å². The molecule has 0 aliphatic carbocycles. The van der Waals surface area contributed by atoms with E-state index < -0.39 is 8.07 Å². The Balaban J connectivity index is 4.38. The quantitative estimate of drug-likeness (QED) is 0.479. The number of hydrogen-bond acceptors (Lipinski definition) is 0. The molecule has 2 heteroatoms. The zero-order valence-corrected chi connectivity index (χ0v) is 11.3. The fourth-order valence-electron chi connectivity index (χ4n) is 1.30. The predicted molar refractivity (Wildman–Crippen MR) is 61.7 cm³/mol. The van der Waals surface area contributed by atoms with Gasteiger partial charge in [0, 0.05) is 18.3 Å². The lowest BCUT2D eigenvalue weighted by molar-refractivity contribution is 1.04. The summed E-state index contributed by atoms with van der Waals surface area (Å²) in [5.74, 6) is 0. The summed E-state index contributed by atoms with van der Waals surface area (Å²) in [7, 11) is 2.75. The van der Waals surface area contributed by atoms with Gasteiger partial charge in [-0.15, -0.1) is 0 Å². The molecule has 0 heterocycles. The van der Waals surface area contributed by atoms with Crippen LogP contribution in [0.5, 0.6) is 0 Å². The Hall–Kier alpha value is 0.174. The summed E-state index contributed by atoms with van der Waals surface area (Å²) >= 11 is 0. The summed E-state index contributed by atoms with van der Waals surface area (Å²) in [5, 5.41) is 0. The number of allylic oxidation sites excluding steroid dienone is 2. The van der Waals surface area contributed by atoms with E-state index >= 15 is 0 Å². The van der Waals surface area contributed by atoms with Gasteiger partial charge < -0.3 is 0 Å². The highest BCUT2D eigenvalue weighted by atomic mass is 28.3. The highest BCUT2D eigenvalue weighted by Crippen LogP contribution is 2.23. The van der Waals surface area contributed by atoms with E-state index in [1.54, 1.807) is 5.57 Å². The molecule has 12 heavy (non-hydrogen) atoms. The molecule has 0 bridgehead atoms. The van der Waals surface area contributed by atoms with Crippen molar-refractivity contribution < 1.29 is 0 Å². The maximum absolute atomic E-state index is 3.65. The molecule has 0 aliphatic rings. The Morgan fingerprint density at radius 1 is 1.25 bits per heavy atom. The molecule has 0 saturated heterocycles. The molecular weight excluding hydrogens is 176 g/mol. The van der Waals surface area contributed by atoms with Gasteiger partial charge in [-0.05, 0) is 25.4 Å². The molecule has 0 aromatic carbocycles. The largest absolute Gasteiger partial charge is 0.0771 e. The van der Waals surface area contributed by atoms with Crippen molar-refractivity contribution in [3.63, 3.8) is 0 Å². The first-order valence-electron chi connectivity index (χ1n) is 4.61. The molecule has 0 rings (SSSR count). The Kier molecular flexibility index (Phi) is 4.49. The molecular formula is C10H21Si2. The first-order chi connectivity index (χ1) is 5.24. The lowest BCUT2D eigenvalue weighted by Crippen LogP contribution is -2.19. The molecule has 69 valence electrons. The monoisotopic (exact) mass is 197 g/mol. The van der Waals surface area contributed by atoms with E-state index in [9.17, 15) is 0 Å². The van der Waals surface area contributed by atoms with Gasteiger partial charge in [0.2, 0.25) is 0 Å². The molecule has 3 radical (unpaired) electrons. The van der Waals surface area contributed by atoms with Crippen LogP contribution in [0.25, 0.3) is 0 Å². The lowest BCUT2D eigenvalue weighted by Gasteiger charge is -2.19. The predicted octanol–water partition coefficient (Wildman–Crippen LogP) is 3.64. The van der Waals surface area contributed by atoms with Crippen molar-refractivity contribution in [2.24, 2.45) is 0 Å². The highest BCUT2D eigenvalue weighted by molar-refractivity contribution is 6.76. The molecule has 0 amide bonds. The van der Waals surface area contributed by atoms with Crippen LogP contribution in [-0.2, 0) is 0 Å². The molecule has 1 unspecified atom stereocenters. The fraction of sp³-hybridized carbons (Fsp3) is 0.800. The van der Waals surface area contributed by atoms with E-state index in [1.807, 2.05) is 0 Å². The maximum Gasteiger partial charge on any atom is 0.0483 e. The van der Waals surface area contributed by atoms with Crippen molar-refractivity contribution in [2.75, 3.05) is 0 Å². The highest BCUT2D eigenvalue weighted by Gasteiger charge is 2.15. The van der Waals surface area contributed by atoms with E-state index in [1.165, 1.54) is 11.6 Å². The standard InChI is InChI=1S/C10H21Si2/c1-8(7-12(4,5)6)9(2)10(3)11/h10H,7H2,1-6H3/b9-8-. The second kappa shape index (κ2) is 4.42.